The zero-order valence-corrected chi connectivity index (χ0v) is 13.9. The molecule has 1 aromatic carbocycles. The lowest BCUT2D eigenvalue weighted by molar-refractivity contribution is 0.00277. The molecule has 0 radical (unpaired) electrons. The summed E-state index contributed by atoms with van der Waals surface area (Å²) in [4.78, 5) is 2.54. The van der Waals surface area contributed by atoms with Crippen molar-refractivity contribution >= 4 is 5.69 Å². The largest absolute Gasteiger partial charge is 0.506 e. The highest BCUT2D eigenvalue weighted by molar-refractivity contribution is 5.62. The second-order valence-corrected chi connectivity index (χ2v) is 7.65. The van der Waals surface area contributed by atoms with Crippen molar-refractivity contribution in [2.45, 2.75) is 50.0 Å². The van der Waals surface area contributed by atoms with Gasteiger partial charge in [0.05, 0.1) is 5.69 Å². The highest BCUT2D eigenvalue weighted by Gasteiger charge is 2.53. The summed E-state index contributed by atoms with van der Waals surface area (Å²) in [7, 11) is 2.26. The molecule has 0 spiro atoms. The molecule has 1 aromatic rings. The number of nitrogens with one attached hydrogen (secondary N) is 1. The SMILES string of the molecule is CN1CC[C@]23CCCC[C@H]2[C@@H]1Cc1cc(NCCF)c(O)cc13. The average Bonchev–Trinajstić information content (AvgIpc) is 2.57. The van der Waals surface area contributed by atoms with E-state index in [1.54, 1.807) is 0 Å². The number of benzene rings is 1. The van der Waals surface area contributed by atoms with Crippen LogP contribution in [0, 0.1) is 5.92 Å². The van der Waals surface area contributed by atoms with Gasteiger partial charge >= 0.3 is 0 Å². The maximum absolute atomic E-state index is 12.5. The second-order valence-electron chi connectivity index (χ2n) is 7.65. The number of nitrogens with zero attached hydrogens (tertiary/aromatic N) is 1. The van der Waals surface area contributed by atoms with Crippen LogP contribution < -0.4 is 5.32 Å². The molecule has 3 nitrogen and oxygen atoms in total. The Bertz CT molecular complexity index is 605. The number of likely N-dealkylation sites (N-methyl/N-ethyl adjacent to an activating group) is 1. The minimum atomic E-state index is -0.423. The number of likely N-dealkylation sites (tertiary alicyclic amines) is 1. The summed E-state index contributed by atoms with van der Waals surface area (Å²) >= 11 is 0. The number of alkyl halides is 1. The molecule has 1 heterocycles. The van der Waals surface area contributed by atoms with Crippen molar-refractivity contribution in [3.8, 4) is 5.75 Å². The molecule has 126 valence electrons. The van der Waals surface area contributed by atoms with Gasteiger partial charge in [-0.05, 0) is 68.5 Å². The van der Waals surface area contributed by atoms with Gasteiger partial charge in [0.15, 0.2) is 0 Å². The zero-order valence-electron chi connectivity index (χ0n) is 13.9. The van der Waals surface area contributed by atoms with Crippen LogP contribution in [0.3, 0.4) is 0 Å². The topological polar surface area (TPSA) is 35.5 Å². The van der Waals surface area contributed by atoms with Gasteiger partial charge in [-0.25, -0.2) is 4.39 Å². The molecule has 0 aromatic heterocycles. The number of anilines is 1. The molecule has 23 heavy (non-hydrogen) atoms. The molecule has 0 amide bonds. The molecule has 1 saturated heterocycles. The normalized spacial score (nSPS) is 33.0. The van der Waals surface area contributed by atoms with E-state index in [0.717, 1.165) is 18.9 Å². The molecule has 1 aliphatic heterocycles. The maximum Gasteiger partial charge on any atom is 0.138 e. The van der Waals surface area contributed by atoms with Crippen molar-refractivity contribution < 1.29 is 9.50 Å². The Morgan fingerprint density at radius 3 is 3.04 bits per heavy atom. The van der Waals surface area contributed by atoms with E-state index in [9.17, 15) is 9.50 Å². The predicted octanol–water partition coefficient (Wildman–Crippen LogP) is 3.46. The molecule has 2 bridgehead atoms. The van der Waals surface area contributed by atoms with Gasteiger partial charge < -0.3 is 15.3 Å². The van der Waals surface area contributed by atoms with Crippen molar-refractivity contribution in [3.05, 3.63) is 23.3 Å². The van der Waals surface area contributed by atoms with Crippen LogP contribution in [0.5, 0.6) is 5.75 Å². The highest BCUT2D eigenvalue weighted by atomic mass is 19.1. The van der Waals surface area contributed by atoms with Crippen LogP contribution in [-0.2, 0) is 11.8 Å². The Hall–Kier alpha value is -1.29. The zero-order chi connectivity index (χ0) is 16.0. The van der Waals surface area contributed by atoms with Crippen molar-refractivity contribution in [2.24, 2.45) is 5.92 Å². The molecule has 2 fully saturated rings. The van der Waals surface area contributed by atoms with Gasteiger partial charge in [0.25, 0.3) is 0 Å². The first-order valence-electron chi connectivity index (χ1n) is 9.02. The van der Waals surface area contributed by atoms with Gasteiger partial charge in [0.1, 0.15) is 12.4 Å². The minimum Gasteiger partial charge on any atom is -0.506 e. The lowest BCUT2D eigenvalue weighted by atomic mass is 9.52. The summed E-state index contributed by atoms with van der Waals surface area (Å²) < 4.78 is 12.5. The first-order valence-corrected chi connectivity index (χ1v) is 9.02. The third-order valence-electron chi connectivity index (χ3n) is 6.64. The average molecular weight is 318 g/mol. The van der Waals surface area contributed by atoms with Crippen molar-refractivity contribution in [3.63, 3.8) is 0 Å². The molecular weight excluding hydrogens is 291 g/mol. The van der Waals surface area contributed by atoms with Gasteiger partial charge in [-0.3, -0.25) is 0 Å². The van der Waals surface area contributed by atoms with Gasteiger partial charge in [-0.15, -0.1) is 0 Å². The van der Waals surface area contributed by atoms with Gasteiger partial charge in [0.2, 0.25) is 0 Å². The number of aromatic hydroxyl groups is 1. The number of rotatable bonds is 3. The summed E-state index contributed by atoms with van der Waals surface area (Å²) in [5.74, 6) is 1.01. The van der Waals surface area contributed by atoms with Crippen LogP contribution in [0.2, 0.25) is 0 Å². The van der Waals surface area contributed by atoms with E-state index in [0.29, 0.717) is 11.7 Å². The first-order chi connectivity index (χ1) is 11.2. The predicted molar refractivity (Wildman–Crippen MR) is 90.9 cm³/mol. The maximum atomic E-state index is 12.5. The Morgan fingerprint density at radius 1 is 1.35 bits per heavy atom. The molecule has 3 atom stereocenters. The van der Waals surface area contributed by atoms with Crippen LogP contribution in [0.15, 0.2) is 12.1 Å². The number of hydrogen-bond acceptors (Lipinski definition) is 3. The summed E-state index contributed by atoms with van der Waals surface area (Å²) in [6, 6.07) is 4.70. The number of fused-ring (bicyclic) bond motifs is 1. The number of phenolic OH excluding ortho intramolecular Hbond substituents is 1. The van der Waals surface area contributed by atoms with E-state index in [1.807, 2.05) is 6.07 Å². The van der Waals surface area contributed by atoms with Gasteiger partial charge in [0, 0.05) is 18.0 Å². The van der Waals surface area contributed by atoms with E-state index in [2.05, 4.69) is 23.3 Å². The number of piperidine rings is 1. The second kappa shape index (κ2) is 5.66. The molecule has 4 heteroatoms. The molecule has 2 N–H and O–H groups in total. The molecule has 3 aliphatic rings. The third kappa shape index (κ3) is 2.25. The van der Waals surface area contributed by atoms with E-state index < -0.39 is 6.67 Å². The van der Waals surface area contributed by atoms with Gasteiger partial charge in [-0.1, -0.05) is 12.8 Å². The van der Waals surface area contributed by atoms with Crippen molar-refractivity contribution in [2.75, 3.05) is 32.1 Å². The molecular formula is C19H27FN2O. The van der Waals surface area contributed by atoms with Crippen LogP contribution in [0.1, 0.15) is 43.2 Å². The van der Waals surface area contributed by atoms with Crippen LogP contribution in [0.4, 0.5) is 10.1 Å². The molecule has 0 unspecified atom stereocenters. The Kier molecular flexibility index (Phi) is 3.75. The monoisotopic (exact) mass is 318 g/mol. The number of phenols is 1. The van der Waals surface area contributed by atoms with Crippen LogP contribution in [0.25, 0.3) is 0 Å². The summed E-state index contributed by atoms with van der Waals surface area (Å²) in [6.07, 6.45) is 7.48. The van der Waals surface area contributed by atoms with E-state index in [1.165, 1.54) is 43.2 Å². The van der Waals surface area contributed by atoms with E-state index >= 15 is 0 Å². The third-order valence-corrected chi connectivity index (χ3v) is 6.64. The van der Waals surface area contributed by atoms with Crippen LogP contribution >= 0.6 is 0 Å². The number of halogens is 1. The summed E-state index contributed by atoms with van der Waals surface area (Å²) in [5.41, 5.74) is 3.69. The molecule has 2 aliphatic carbocycles. The fourth-order valence-electron chi connectivity index (χ4n) is 5.57. The quantitative estimate of drug-likeness (QED) is 0.838. The van der Waals surface area contributed by atoms with E-state index in [-0.39, 0.29) is 17.7 Å². The summed E-state index contributed by atoms with van der Waals surface area (Å²) in [5, 5.41) is 13.5. The van der Waals surface area contributed by atoms with Crippen molar-refractivity contribution in [1.82, 2.24) is 4.90 Å². The lowest BCUT2D eigenvalue weighted by Crippen LogP contribution is -2.59. The highest BCUT2D eigenvalue weighted by Crippen LogP contribution is 2.56. The van der Waals surface area contributed by atoms with Crippen LogP contribution in [-0.4, -0.2) is 42.9 Å². The molecule has 1 saturated carbocycles. The standard InChI is InChI=1S/C19H27FN2O/c1-22-9-6-19-5-3-2-4-14(19)17(22)11-13-10-16(21-8-7-20)18(23)12-15(13)19/h10,12,14,17,21,23H,2-9,11H2,1H3/t14-,17-,19+/m0/s1. The van der Waals surface area contributed by atoms with E-state index in [4.69, 9.17) is 0 Å². The minimum absolute atomic E-state index is 0.253. The van der Waals surface area contributed by atoms with Gasteiger partial charge in [-0.2, -0.15) is 0 Å². The Balaban J connectivity index is 1.79. The fourth-order valence-corrected chi connectivity index (χ4v) is 5.57. The fraction of sp³-hybridized carbons (Fsp3) is 0.684. The lowest BCUT2D eigenvalue weighted by Gasteiger charge is -2.58. The smallest absolute Gasteiger partial charge is 0.138 e. The van der Waals surface area contributed by atoms with Crippen molar-refractivity contribution in [1.29, 1.82) is 0 Å². The Labute approximate surface area is 137 Å². The number of hydrogen-bond donors (Lipinski definition) is 2. The summed E-state index contributed by atoms with van der Waals surface area (Å²) in [6.45, 7) is 0.987. The molecule has 4 rings (SSSR count). The Morgan fingerprint density at radius 2 is 2.22 bits per heavy atom. The first kappa shape index (κ1) is 15.3.